The monoisotopic (exact) mass is 251 g/mol. The molecule has 90 valence electrons. The highest BCUT2D eigenvalue weighted by Gasteiger charge is 2.17. The molecule has 0 aliphatic heterocycles. The number of carbonyl (C=O) groups is 1. The van der Waals surface area contributed by atoms with Gasteiger partial charge in [-0.05, 0) is 12.1 Å². The first-order chi connectivity index (χ1) is 8.24. The molecular weight excluding hydrogens is 238 g/mol. The summed E-state index contributed by atoms with van der Waals surface area (Å²) in [5.74, 6) is -0.0556. The van der Waals surface area contributed by atoms with Crippen molar-refractivity contribution >= 4 is 27.3 Å². The normalized spacial score (nSPS) is 11.2. The van der Waals surface area contributed by atoms with Crippen molar-refractivity contribution in [2.75, 3.05) is 14.2 Å². The first-order valence-corrected chi connectivity index (χ1v) is 6.00. The van der Waals surface area contributed by atoms with Gasteiger partial charge in [0.1, 0.15) is 0 Å². The summed E-state index contributed by atoms with van der Waals surface area (Å²) < 4.78 is 11.0. The number of rotatable bonds is 5. The second-order valence-corrected chi connectivity index (χ2v) is 4.55. The average Bonchev–Trinajstić information content (AvgIpc) is 2.79. The summed E-state index contributed by atoms with van der Waals surface area (Å²) in [4.78, 5) is 16.2. The lowest BCUT2D eigenvalue weighted by molar-refractivity contribution is -0.0993. The molecule has 0 radical (unpaired) electrons. The van der Waals surface area contributed by atoms with Crippen molar-refractivity contribution in [3.8, 4) is 0 Å². The van der Waals surface area contributed by atoms with Crippen LogP contribution in [0.2, 0.25) is 0 Å². The third-order valence-corrected chi connectivity index (χ3v) is 3.49. The standard InChI is InChI=1S/C12H13NO3S/c1-15-11(16-2)7-9(14)12-13-8-5-3-4-6-10(8)17-12/h3-6,11H,7H2,1-2H3. The van der Waals surface area contributed by atoms with Gasteiger partial charge in [0.05, 0.1) is 16.6 Å². The molecule has 1 aromatic carbocycles. The van der Waals surface area contributed by atoms with Crippen LogP contribution in [0.3, 0.4) is 0 Å². The molecule has 0 spiro atoms. The van der Waals surface area contributed by atoms with Gasteiger partial charge < -0.3 is 9.47 Å². The Kier molecular flexibility index (Phi) is 3.83. The Bertz CT molecular complexity index is 486. The van der Waals surface area contributed by atoms with Crippen molar-refractivity contribution in [3.63, 3.8) is 0 Å². The van der Waals surface area contributed by atoms with E-state index < -0.39 is 6.29 Å². The Morgan fingerprint density at radius 2 is 2.06 bits per heavy atom. The predicted octanol–water partition coefficient (Wildman–Crippen LogP) is 2.49. The number of thiazole rings is 1. The van der Waals surface area contributed by atoms with Gasteiger partial charge >= 0.3 is 0 Å². The van der Waals surface area contributed by atoms with Crippen LogP contribution < -0.4 is 0 Å². The molecule has 0 fully saturated rings. The number of hydrogen-bond donors (Lipinski definition) is 0. The lowest BCUT2D eigenvalue weighted by atomic mass is 10.3. The number of aromatic nitrogens is 1. The van der Waals surface area contributed by atoms with Crippen LogP contribution in [0.15, 0.2) is 24.3 Å². The molecule has 0 unspecified atom stereocenters. The Balaban J connectivity index is 2.19. The topological polar surface area (TPSA) is 48.4 Å². The molecular formula is C12H13NO3S. The molecule has 1 aromatic heterocycles. The summed E-state index contributed by atoms with van der Waals surface area (Å²) in [6.45, 7) is 0. The minimum absolute atomic E-state index is 0.0556. The van der Waals surface area contributed by atoms with Gasteiger partial charge in [0.2, 0.25) is 0 Å². The van der Waals surface area contributed by atoms with Crippen LogP contribution in [-0.4, -0.2) is 31.3 Å². The third kappa shape index (κ3) is 2.69. The van der Waals surface area contributed by atoms with Crippen molar-refractivity contribution in [2.24, 2.45) is 0 Å². The van der Waals surface area contributed by atoms with E-state index in [-0.39, 0.29) is 12.2 Å². The van der Waals surface area contributed by atoms with Crippen LogP contribution in [0.1, 0.15) is 16.2 Å². The molecule has 0 amide bonds. The second kappa shape index (κ2) is 5.35. The molecule has 0 saturated carbocycles. The summed E-state index contributed by atoms with van der Waals surface area (Å²) in [6.07, 6.45) is -0.318. The quantitative estimate of drug-likeness (QED) is 0.605. The number of carbonyl (C=O) groups excluding carboxylic acids is 1. The fraction of sp³-hybridized carbons (Fsp3) is 0.333. The van der Waals surface area contributed by atoms with Crippen molar-refractivity contribution in [3.05, 3.63) is 29.3 Å². The number of hydrogen-bond acceptors (Lipinski definition) is 5. The summed E-state index contributed by atoms with van der Waals surface area (Å²) in [5, 5.41) is 0.505. The Labute approximate surface area is 103 Å². The number of nitrogens with zero attached hydrogens (tertiary/aromatic N) is 1. The molecule has 17 heavy (non-hydrogen) atoms. The summed E-state index contributed by atoms with van der Waals surface area (Å²) in [6, 6.07) is 7.69. The smallest absolute Gasteiger partial charge is 0.196 e. The lowest BCUT2D eigenvalue weighted by Gasteiger charge is -2.10. The number of methoxy groups -OCH3 is 2. The molecule has 1 heterocycles. The van der Waals surface area contributed by atoms with E-state index in [2.05, 4.69) is 4.98 Å². The maximum absolute atomic E-state index is 11.9. The van der Waals surface area contributed by atoms with E-state index in [4.69, 9.17) is 9.47 Å². The van der Waals surface area contributed by atoms with Gasteiger partial charge in [0.15, 0.2) is 17.1 Å². The largest absolute Gasteiger partial charge is 0.355 e. The number of ketones is 1. The van der Waals surface area contributed by atoms with Gasteiger partial charge in [-0.2, -0.15) is 0 Å². The van der Waals surface area contributed by atoms with Crippen molar-refractivity contribution < 1.29 is 14.3 Å². The van der Waals surface area contributed by atoms with Gasteiger partial charge in [-0.25, -0.2) is 4.98 Å². The SMILES string of the molecule is COC(CC(=O)c1nc2ccccc2s1)OC. The molecule has 0 N–H and O–H groups in total. The number of para-hydroxylation sites is 1. The Hall–Kier alpha value is -1.30. The van der Waals surface area contributed by atoms with Crippen LogP contribution >= 0.6 is 11.3 Å². The highest BCUT2D eigenvalue weighted by atomic mass is 32.1. The zero-order chi connectivity index (χ0) is 12.3. The van der Waals surface area contributed by atoms with Gasteiger partial charge in [0.25, 0.3) is 0 Å². The van der Waals surface area contributed by atoms with Gasteiger partial charge in [-0.15, -0.1) is 11.3 Å². The summed E-state index contributed by atoms with van der Waals surface area (Å²) in [5.41, 5.74) is 0.854. The number of fused-ring (bicyclic) bond motifs is 1. The maximum atomic E-state index is 11.9. The molecule has 0 bridgehead atoms. The average molecular weight is 251 g/mol. The van der Waals surface area contributed by atoms with E-state index in [1.807, 2.05) is 24.3 Å². The van der Waals surface area contributed by atoms with E-state index >= 15 is 0 Å². The van der Waals surface area contributed by atoms with Crippen molar-refractivity contribution in [1.82, 2.24) is 4.98 Å². The minimum Gasteiger partial charge on any atom is -0.355 e. The van der Waals surface area contributed by atoms with E-state index in [0.717, 1.165) is 10.2 Å². The Morgan fingerprint density at radius 1 is 1.35 bits per heavy atom. The molecule has 0 aliphatic carbocycles. The molecule has 0 saturated heterocycles. The van der Waals surface area contributed by atoms with Crippen LogP contribution in [-0.2, 0) is 9.47 Å². The van der Waals surface area contributed by atoms with Crippen LogP contribution in [0.25, 0.3) is 10.2 Å². The number of ether oxygens (including phenoxy) is 2. The molecule has 5 heteroatoms. The minimum atomic E-state index is -0.505. The maximum Gasteiger partial charge on any atom is 0.196 e. The van der Waals surface area contributed by atoms with Gasteiger partial charge in [-0.1, -0.05) is 12.1 Å². The zero-order valence-electron chi connectivity index (χ0n) is 9.67. The van der Waals surface area contributed by atoms with E-state index in [1.165, 1.54) is 25.6 Å². The van der Waals surface area contributed by atoms with Crippen LogP contribution in [0.4, 0.5) is 0 Å². The first kappa shape index (κ1) is 12.2. The van der Waals surface area contributed by atoms with Crippen molar-refractivity contribution in [2.45, 2.75) is 12.7 Å². The Morgan fingerprint density at radius 3 is 2.71 bits per heavy atom. The fourth-order valence-electron chi connectivity index (χ4n) is 1.49. The van der Waals surface area contributed by atoms with E-state index in [1.54, 1.807) is 0 Å². The number of Topliss-reactive ketones (excluding diaryl/α,β-unsaturated/α-hetero) is 1. The summed E-state index contributed by atoms with van der Waals surface area (Å²) >= 11 is 1.40. The molecule has 2 aromatic rings. The lowest BCUT2D eigenvalue weighted by Crippen LogP contribution is -2.18. The zero-order valence-corrected chi connectivity index (χ0v) is 10.5. The highest BCUT2D eigenvalue weighted by molar-refractivity contribution is 7.20. The second-order valence-electron chi connectivity index (χ2n) is 3.52. The van der Waals surface area contributed by atoms with Crippen LogP contribution in [0, 0.1) is 0 Å². The van der Waals surface area contributed by atoms with Crippen molar-refractivity contribution in [1.29, 1.82) is 0 Å². The molecule has 4 nitrogen and oxygen atoms in total. The van der Waals surface area contributed by atoms with Crippen LogP contribution in [0.5, 0.6) is 0 Å². The number of benzene rings is 1. The third-order valence-electron chi connectivity index (χ3n) is 2.41. The molecule has 2 rings (SSSR count). The first-order valence-electron chi connectivity index (χ1n) is 5.19. The fourth-order valence-corrected chi connectivity index (χ4v) is 2.41. The molecule has 0 atom stereocenters. The predicted molar refractivity (Wildman–Crippen MR) is 66.4 cm³/mol. The van der Waals surface area contributed by atoms with E-state index in [9.17, 15) is 4.79 Å². The highest BCUT2D eigenvalue weighted by Crippen LogP contribution is 2.23. The molecule has 0 aliphatic rings. The van der Waals surface area contributed by atoms with Gasteiger partial charge in [-0.3, -0.25) is 4.79 Å². The summed E-state index contributed by atoms with van der Waals surface area (Å²) in [7, 11) is 3.03. The van der Waals surface area contributed by atoms with E-state index in [0.29, 0.717) is 5.01 Å². The van der Waals surface area contributed by atoms with Gasteiger partial charge in [0, 0.05) is 14.2 Å².